The molecule has 1 amide bonds. The van der Waals surface area contributed by atoms with Crippen LogP contribution in [0.3, 0.4) is 0 Å². The summed E-state index contributed by atoms with van der Waals surface area (Å²) in [4.78, 5) is 25.9. The first-order chi connectivity index (χ1) is 9.58. The smallest absolute Gasteiger partial charge is 0.300 e. The van der Waals surface area contributed by atoms with Gasteiger partial charge in [0.25, 0.3) is 11.6 Å². The molecule has 0 radical (unpaired) electrons. The molecule has 20 heavy (non-hydrogen) atoms. The third kappa shape index (κ3) is 3.64. The van der Waals surface area contributed by atoms with Gasteiger partial charge in [0.2, 0.25) is 0 Å². The van der Waals surface area contributed by atoms with Crippen molar-refractivity contribution in [2.45, 2.75) is 12.8 Å². The zero-order valence-corrected chi connectivity index (χ0v) is 11.4. The molecule has 0 bridgehead atoms. The first-order valence-electron chi connectivity index (χ1n) is 6.24. The van der Waals surface area contributed by atoms with Gasteiger partial charge in [0.05, 0.1) is 4.92 Å². The van der Waals surface area contributed by atoms with E-state index in [1.165, 1.54) is 6.07 Å². The van der Waals surface area contributed by atoms with Crippen LogP contribution in [-0.2, 0) is 4.74 Å². The number of carbonyl (C=O) groups excluding carboxylic acids is 1. The maximum Gasteiger partial charge on any atom is 0.300 e. The fourth-order valence-corrected chi connectivity index (χ4v) is 2.19. The topological polar surface area (TPSA) is 94.4 Å². The van der Waals surface area contributed by atoms with Gasteiger partial charge < -0.3 is 10.1 Å². The van der Waals surface area contributed by atoms with Gasteiger partial charge in [0.15, 0.2) is 0 Å². The number of nitro groups is 1. The van der Waals surface area contributed by atoms with Crippen LogP contribution in [0.15, 0.2) is 12.3 Å². The highest BCUT2D eigenvalue weighted by Gasteiger charge is 2.22. The molecular weight excluding hydrogens is 286 g/mol. The summed E-state index contributed by atoms with van der Waals surface area (Å²) in [7, 11) is 0. The van der Waals surface area contributed by atoms with Crippen molar-refractivity contribution in [3.63, 3.8) is 0 Å². The van der Waals surface area contributed by atoms with Gasteiger partial charge in [0, 0.05) is 19.8 Å². The standard InChI is InChI=1S/C12H14ClN3O4/c13-11-5-9(10(7-14-11)16(18)19)12(17)15-6-8-1-3-20-4-2-8/h5,7-8H,1-4,6H2,(H,15,17). The molecule has 108 valence electrons. The Morgan fingerprint density at radius 1 is 1.55 bits per heavy atom. The first-order valence-corrected chi connectivity index (χ1v) is 6.61. The molecule has 2 rings (SSSR count). The highest BCUT2D eigenvalue weighted by molar-refractivity contribution is 6.29. The minimum absolute atomic E-state index is 0.0480. The van der Waals surface area contributed by atoms with Crippen molar-refractivity contribution in [1.82, 2.24) is 10.3 Å². The SMILES string of the molecule is O=C(NCC1CCOCC1)c1cc(Cl)ncc1[N+](=O)[O-]. The van der Waals surface area contributed by atoms with Crippen LogP contribution in [0.25, 0.3) is 0 Å². The maximum absolute atomic E-state index is 12.0. The largest absolute Gasteiger partial charge is 0.381 e. The van der Waals surface area contributed by atoms with Crippen molar-refractivity contribution in [3.05, 3.63) is 33.1 Å². The van der Waals surface area contributed by atoms with Gasteiger partial charge in [0.1, 0.15) is 16.9 Å². The zero-order chi connectivity index (χ0) is 14.5. The molecule has 1 aliphatic rings. The Morgan fingerprint density at radius 2 is 2.25 bits per heavy atom. The van der Waals surface area contributed by atoms with Gasteiger partial charge in [-0.25, -0.2) is 4.98 Å². The van der Waals surface area contributed by atoms with Gasteiger partial charge in [-0.05, 0) is 24.8 Å². The molecule has 0 aliphatic carbocycles. The second-order valence-electron chi connectivity index (χ2n) is 4.55. The predicted molar refractivity (Wildman–Crippen MR) is 71.8 cm³/mol. The van der Waals surface area contributed by atoms with Crippen LogP contribution in [0.1, 0.15) is 23.2 Å². The predicted octanol–water partition coefficient (Wildman–Crippen LogP) is 1.80. The van der Waals surface area contributed by atoms with E-state index in [0.29, 0.717) is 25.7 Å². The number of hydrogen-bond acceptors (Lipinski definition) is 5. The van der Waals surface area contributed by atoms with Gasteiger partial charge >= 0.3 is 0 Å². The normalized spacial score (nSPS) is 15.8. The fourth-order valence-electron chi connectivity index (χ4n) is 2.03. The number of rotatable bonds is 4. The average Bonchev–Trinajstić information content (AvgIpc) is 2.45. The Bertz CT molecular complexity index is 517. The molecule has 1 aromatic rings. The lowest BCUT2D eigenvalue weighted by molar-refractivity contribution is -0.385. The summed E-state index contributed by atoms with van der Waals surface area (Å²) in [5.41, 5.74) is -0.416. The molecule has 2 heterocycles. The van der Waals surface area contributed by atoms with E-state index in [1.807, 2.05) is 0 Å². The monoisotopic (exact) mass is 299 g/mol. The van der Waals surface area contributed by atoms with Crippen LogP contribution < -0.4 is 5.32 Å². The Balaban J connectivity index is 2.04. The Labute approximate surface area is 120 Å². The van der Waals surface area contributed by atoms with E-state index >= 15 is 0 Å². The van der Waals surface area contributed by atoms with Crippen LogP contribution in [0, 0.1) is 16.0 Å². The Hall–Kier alpha value is -1.73. The number of hydrogen-bond donors (Lipinski definition) is 1. The van der Waals surface area contributed by atoms with Crippen LogP contribution in [0.2, 0.25) is 5.15 Å². The van der Waals surface area contributed by atoms with Gasteiger partial charge in [-0.1, -0.05) is 11.6 Å². The Kier molecular flexibility index (Phi) is 4.86. The van der Waals surface area contributed by atoms with Crippen LogP contribution >= 0.6 is 11.6 Å². The number of amides is 1. The summed E-state index contributed by atoms with van der Waals surface area (Å²) in [5, 5.41) is 13.6. The highest BCUT2D eigenvalue weighted by Crippen LogP contribution is 2.20. The number of ether oxygens (including phenoxy) is 1. The molecule has 0 atom stereocenters. The minimum atomic E-state index is -0.646. The van der Waals surface area contributed by atoms with Crippen LogP contribution in [0.5, 0.6) is 0 Å². The maximum atomic E-state index is 12.0. The lowest BCUT2D eigenvalue weighted by Crippen LogP contribution is -2.32. The highest BCUT2D eigenvalue weighted by atomic mass is 35.5. The zero-order valence-electron chi connectivity index (χ0n) is 10.7. The van der Waals surface area contributed by atoms with E-state index in [4.69, 9.17) is 16.3 Å². The van der Waals surface area contributed by atoms with E-state index in [2.05, 4.69) is 10.3 Å². The molecular formula is C12H14ClN3O4. The molecule has 0 spiro atoms. The van der Waals surface area contributed by atoms with Crippen molar-refractivity contribution in [2.24, 2.45) is 5.92 Å². The second kappa shape index (κ2) is 6.62. The molecule has 1 saturated heterocycles. The summed E-state index contributed by atoms with van der Waals surface area (Å²) in [6, 6.07) is 1.21. The first kappa shape index (κ1) is 14.7. The van der Waals surface area contributed by atoms with E-state index < -0.39 is 10.8 Å². The van der Waals surface area contributed by atoms with Gasteiger partial charge in [-0.15, -0.1) is 0 Å². The van der Waals surface area contributed by atoms with Crippen molar-refractivity contribution in [3.8, 4) is 0 Å². The summed E-state index contributed by atoms with van der Waals surface area (Å²) >= 11 is 5.68. The molecule has 1 aromatic heterocycles. The third-order valence-corrected chi connectivity index (χ3v) is 3.39. The van der Waals surface area contributed by atoms with Gasteiger partial charge in [-0.2, -0.15) is 0 Å². The number of halogens is 1. The quantitative estimate of drug-likeness (QED) is 0.520. The van der Waals surface area contributed by atoms with Crippen molar-refractivity contribution in [2.75, 3.05) is 19.8 Å². The molecule has 8 heteroatoms. The number of aromatic nitrogens is 1. The summed E-state index contributed by atoms with van der Waals surface area (Å²) in [6.45, 7) is 1.84. The van der Waals surface area contributed by atoms with Crippen molar-refractivity contribution < 1.29 is 14.5 Å². The number of pyridine rings is 1. The summed E-state index contributed by atoms with van der Waals surface area (Å²) in [6.07, 6.45) is 2.74. The van der Waals surface area contributed by atoms with Crippen molar-refractivity contribution >= 4 is 23.2 Å². The van der Waals surface area contributed by atoms with E-state index in [1.54, 1.807) is 0 Å². The summed E-state index contributed by atoms with van der Waals surface area (Å²) in [5.74, 6) is -0.170. The molecule has 1 N–H and O–H groups in total. The Morgan fingerprint density at radius 3 is 2.90 bits per heavy atom. The third-order valence-electron chi connectivity index (χ3n) is 3.18. The average molecular weight is 300 g/mol. The molecule has 0 saturated carbocycles. The number of nitrogens with one attached hydrogen (secondary N) is 1. The molecule has 7 nitrogen and oxygen atoms in total. The van der Waals surface area contributed by atoms with Crippen molar-refractivity contribution in [1.29, 1.82) is 0 Å². The van der Waals surface area contributed by atoms with Crippen LogP contribution in [-0.4, -0.2) is 35.6 Å². The van der Waals surface area contributed by atoms with E-state index in [-0.39, 0.29) is 16.4 Å². The number of nitrogens with zero attached hydrogens (tertiary/aromatic N) is 2. The number of carbonyl (C=O) groups is 1. The molecule has 1 aliphatic heterocycles. The van der Waals surface area contributed by atoms with E-state index in [9.17, 15) is 14.9 Å². The molecule has 0 unspecified atom stereocenters. The van der Waals surface area contributed by atoms with Gasteiger partial charge in [-0.3, -0.25) is 14.9 Å². The lowest BCUT2D eigenvalue weighted by Gasteiger charge is -2.22. The molecule has 0 aromatic carbocycles. The summed E-state index contributed by atoms with van der Waals surface area (Å²) < 4.78 is 5.23. The van der Waals surface area contributed by atoms with E-state index in [0.717, 1.165) is 19.0 Å². The van der Waals surface area contributed by atoms with Crippen LogP contribution in [0.4, 0.5) is 5.69 Å². The lowest BCUT2D eigenvalue weighted by atomic mass is 10.0. The fraction of sp³-hybridized carbons (Fsp3) is 0.500. The molecule has 1 fully saturated rings. The minimum Gasteiger partial charge on any atom is -0.381 e. The second-order valence-corrected chi connectivity index (χ2v) is 4.93.